The molecule has 0 spiro atoms. The highest BCUT2D eigenvalue weighted by molar-refractivity contribution is 5.94. The lowest BCUT2D eigenvalue weighted by Gasteiger charge is -2.17. The van der Waals surface area contributed by atoms with E-state index in [1.54, 1.807) is 10.9 Å². The highest BCUT2D eigenvalue weighted by Gasteiger charge is 2.28. The Morgan fingerprint density at radius 2 is 1.96 bits per heavy atom. The molecule has 2 heterocycles. The fraction of sp³-hybridized carbons (Fsp3) is 0.500. The molecule has 0 aliphatic carbocycles. The summed E-state index contributed by atoms with van der Waals surface area (Å²) in [6.45, 7) is 7.90. The summed E-state index contributed by atoms with van der Waals surface area (Å²) in [6.07, 6.45) is 2.51. The highest BCUT2D eigenvalue weighted by Crippen LogP contribution is 2.20. The molecule has 1 atom stereocenters. The molecule has 1 fully saturated rings. The number of carbonyl (C=O) groups excluding carboxylic acids is 1. The summed E-state index contributed by atoms with van der Waals surface area (Å²) >= 11 is 0. The van der Waals surface area contributed by atoms with Gasteiger partial charge in [-0.25, -0.2) is 9.48 Å². The van der Waals surface area contributed by atoms with Crippen LogP contribution in [0.4, 0.5) is 0 Å². The fourth-order valence-electron chi connectivity index (χ4n) is 3.13. The Morgan fingerprint density at radius 1 is 1.25 bits per heavy atom. The quantitative estimate of drug-likeness (QED) is 0.865. The molecule has 24 heavy (non-hydrogen) atoms. The van der Waals surface area contributed by atoms with Crippen LogP contribution in [0.3, 0.4) is 0 Å². The minimum Gasteiger partial charge on any atom is -0.338 e. The van der Waals surface area contributed by atoms with Gasteiger partial charge in [0.05, 0.1) is 5.54 Å². The average Bonchev–Trinajstić information content (AvgIpc) is 3.15. The van der Waals surface area contributed by atoms with E-state index in [1.807, 2.05) is 56.0 Å². The van der Waals surface area contributed by atoms with Crippen molar-refractivity contribution in [1.29, 1.82) is 0 Å². The van der Waals surface area contributed by atoms with Crippen molar-refractivity contribution in [3.05, 3.63) is 52.7 Å². The van der Waals surface area contributed by atoms with Gasteiger partial charge in [0.15, 0.2) is 0 Å². The topological polar surface area (TPSA) is 60.1 Å². The third-order valence-electron chi connectivity index (χ3n) is 4.42. The molecule has 1 saturated heterocycles. The van der Waals surface area contributed by atoms with Gasteiger partial charge >= 0.3 is 5.69 Å². The minimum absolute atomic E-state index is 0.0656. The molecule has 0 bridgehead atoms. The first-order valence-electron chi connectivity index (χ1n) is 8.35. The van der Waals surface area contributed by atoms with E-state index in [0.29, 0.717) is 13.1 Å². The number of carbonyl (C=O) groups is 1. The van der Waals surface area contributed by atoms with Gasteiger partial charge in [0, 0.05) is 25.2 Å². The molecule has 1 unspecified atom stereocenters. The summed E-state index contributed by atoms with van der Waals surface area (Å²) in [6, 6.07) is 9.34. The molecule has 3 rings (SSSR count). The first-order chi connectivity index (χ1) is 11.4. The molecule has 1 aliphatic rings. The SMILES string of the molecule is CC(C)(C)n1ncn(CC2CCN(C(=O)c3ccccc3)C2)c1=O. The number of amides is 1. The number of nitrogens with zero attached hydrogens (tertiary/aromatic N) is 4. The Kier molecular flexibility index (Phi) is 4.30. The number of rotatable bonds is 3. The van der Waals surface area contributed by atoms with E-state index in [0.717, 1.165) is 18.5 Å². The van der Waals surface area contributed by atoms with Crippen molar-refractivity contribution < 1.29 is 4.79 Å². The van der Waals surface area contributed by atoms with Crippen molar-refractivity contribution in [3.8, 4) is 0 Å². The summed E-state index contributed by atoms with van der Waals surface area (Å²) in [5.74, 6) is 0.351. The number of likely N-dealkylation sites (tertiary alicyclic amines) is 1. The van der Waals surface area contributed by atoms with Gasteiger partial charge in [-0.3, -0.25) is 9.36 Å². The molecule has 128 valence electrons. The molecule has 2 aromatic rings. The van der Waals surface area contributed by atoms with Crippen LogP contribution in [0.15, 0.2) is 41.5 Å². The van der Waals surface area contributed by atoms with E-state index in [1.165, 1.54) is 4.68 Å². The van der Waals surface area contributed by atoms with Gasteiger partial charge < -0.3 is 4.90 Å². The van der Waals surface area contributed by atoms with Crippen LogP contribution in [0.5, 0.6) is 0 Å². The maximum atomic E-state index is 12.5. The predicted molar refractivity (Wildman–Crippen MR) is 91.9 cm³/mol. The summed E-state index contributed by atoms with van der Waals surface area (Å²) in [4.78, 5) is 26.8. The molecule has 0 radical (unpaired) electrons. The monoisotopic (exact) mass is 328 g/mol. The lowest BCUT2D eigenvalue weighted by atomic mass is 10.1. The van der Waals surface area contributed by atoms with Crippen LogP contribution in [0.25, 0.3) is 0 Å². The van der Waals surface area contributed by atoms with Gasteiger partial charge in [0.25, 0.3) is 5.91 Å². The van der Waals surface area contributed by atoms with E-state index in [-0.39, 0.29) is 23.1 Å². The van der Waals surface area contributed by atoms with Gasteiger partial charge in [0.1, 0.15) is 6.33 Å². The molecule has 1 aromatic carbocycles. The average molecular weight is 328 g/mol. The number of benzene rings is 1. The minimum atomic E-state index is -0.326. The van der Waals surface area contributed by atoms with Crippen molar-refractivity contribution >= 4 is 5.91 Å². The third-order valence-corrected chi connectivity index (χ3v) is 4.42. The summed E-state index contributed by atoms with van der Waals surface area (Å²) in [5, 5.41) is 4.22. The van der Waals surface area contributed by atoms with Crippen LogP contribution < -0.4 is 5.69 Å². The zero-order valence-corrected chi connectivity index (χ0v) is 14.5. The van der Waals surface area contributed by atoms with Crippen LogP contribution in [0.1, 0.15) is 37.6 Å². The van der Waals surface area contributed by atoms with Crippen LogP contribution >= 0.6 is 0 Å². The normalized spacial score (nSPS) is 18.1. The van der Waals surface area contributed by atoms with Gasteiger partial charge in [-0.05, 0) is 45.2 Å². The van der Waals surface area contributed by atoms with E-state index < -0.39 is 0 Å². The molecule has 1 aromatic heterocycles. The third kappa shape index (κ3) is 3.27. The molecular formula is C18H24N4O2. The van der Waals surface area contributed by atoms with Crippen molar-refractivity contribution in [3.63, 3.8) is 0 Å². The fourth-order valence-corrected chi connectivity index (χ4v) is 3.13. The lowest BCUT2D eigenvalue weighted by molar-refractivity contribution is 0.0786. The van der Waals surface area contributed by atoms with E-state index in [2.05, 4.69) is 5.10 Å². The highest BCUT2D eigenvalue weighted by atomic mass is 16.2. The Morgan fingerprint density at radius 3 is 2.58 bits per heavy atom. The standard InChI is InChI=1S/C18H24N4O2/c1-18(2,3)22-17(24)21(13-19-22)12-14-9-10-20(11-14)16(23)15-7-5-4-6-8-15/h4-8,13-14H,9-12H2,1-3H3. The Labute approximate surface area is 141 Å². The van der Waals surface area contributed by atoms with Crippen molar-refractivity contribution in [2.24, 2.45) is 5.92 Å². The van der Waals surface area contributed by atoms with Crippen LogP contribution in [-0.2, 0) is 12.1 Å². The zero-order chi connectivity index (χ0) is 17.3. The molecule has 6 heteroatoms. The second-order valence-electron chi connectivity index (χ2n) is 7.42. The van der Waals surface area contributed by atoms with Crippen molar-refractivity contribution in [1.82, 2.24) is 19.2 Å². The van der Waals surface area contributed by atoms with Crippen molar-refractivity contribution in [2.45, 2.75) is 39.3 Å². The molecular weight excluding hydrogens is 304 g/mol. The first-order valence-corrected chi connectivity index (χ1v) is 8.35. The Bertz CT molecular complexity index is 770. The van der Waals surface area contributed by atoms with Crippen LogP contribution in [0.2, 0.25) is 0 Å². The second kappa shape index (κ2) is 6.26. The largest absolute Gasteiger partial charge is 0.346 e. The zero-order valence-electron chi connectivity index (χ0n) is 14.5. The summed E-state index contributed by atoms with van der Waals surface area (Å²) in [5.41, 5.74) is 0.305. The lowest BCUT2D eigenvalue weighted by Crippen LogP contribution is -2.36. The summed E-state index contributed by atoms with van der Waals surface area (Å²) < 4.78 is 3.17. The molecule has 0 N–H and O–H groups in total. The van der Waals surface area contributed by atoms with E-state index >= 15 is 0 Å². The van der Waals surface area contributed by atoms with Crippen molar-refractivity contribution in [2.75, 3.05) is 13.1 Å². The van der Waals surface area contributed by atoms with Gasteiger partial charge in [-0.2, -0.15) is 5.10 Å². The predicted octanol–water partition coefficient (Wildman–Crippen LogP) is 1.96. The van der Waals surface area contributed by atoms with Crippen LogP contribution in [-0.4, -0.2) is 38.2 Å². The molecule has 0 saturated carbocycles. The smallest absolute Gasteiger partial charge is 0.338 e. The van der Waals surface area contributed by atoms with E-state index in [9.17, 15) is 9.59 Å². The van der Waals surface area contributed by atoms with Gasteiger partial charge in [-0.1, -0.05) is 18.2 Å². The van der Waals surface area contributed by atoms with Gasteiger partial charge in [0.2, 0.25) is 0 Å². The molecule has 1 amide bonds. The number of aromatic nitrogens is 3. The maximum absolute atomic E-state index is 12.5. The second-order valence-corrected chi connectivity index (χ2v) is 7.42. The summed E-state index contributed by atoms with van der Waals surface area (Å²) in [7, 11) is 0. The maximum Gasteiger partial charge on any atom is 0.346 e. The first kappa shape index (κ1) is 16.5. The number of hydrogen-bond acceptors (Lipinski definition) is 3. The molecule has 6 nitrogen and oxygen atoms in total. The molecule has 1 aliphatic heterocycles. The van der Waals surface area contributed by atoms with Crippen LogP contribution in [0, 0.1) is 5.92 Å². The van der Waals surface area contributed by atoms with Gasteiger partial charge in [-0.15, -0.1) is 0 Å². The Balaban J connectivity index is 1.66. The van der Waals surface area contributed by atoms with E-state index in [4.69, 9.17) is 0 Å². The number of hydrogen-bond donors (Lipinski definition) is 0. The Hall–Kier alpha value is -2.37.